The summed E-state index contributed by atoms with van der Waals surface area (Å²) < 4.78 is 21.7. The van der Waals surface area contributed by atoms with Gasteiger partial charge in [-0.05, 0) is 74.5 Å². The highest BCUT2D eigenvalue weighted by Gasteiger charge is 2.09. The minimum absolute atomic E-state index is 0.153. The number of carbonyl (C=O) groups excluding carboxylic acids is 2. The van der Waals surface area contributed by atoms with Crippen molar-refractivity contribution in [3.05, 3.63) is 85.0 Å². The van der Waals surface area contributed by atoms with Crippen LogP contribution in [0.3, 0.4) is 0 Å². The Hall–Kier alpha value is -4.06. The predicted molar refractivity (Wildman–Crippen MR) is 121 cm³/mol. The van der Waals surface area contributed by atoms with E-state index in [9.17, 15) is 9.59 Å². The van der Waals surface area contributed by atoms with Crippen molar-refractivity contribution in [3.8, 4) is 34.1 Å². The van der Waals surface area contributed by atoms with E-state index in [0.717, 1.165) is 11.1 Å². The fourth-order valence-corrected chi connectivity index (χ4v) is 2.66. The van der Waals surface area contributed by atoms with Gasteiger partial charge >= 0.3 is 11.9 Å². The molecule has 3 rings (SSSR count). The normalized spacial score (nSPS) is 10.3. The van der Waals surface area contributed by atoms with Gasteiger partial charge in [0.15, 0.2) is 0 Å². The first kappa shape index (κ1) is 22.6. The molecule has 0 saturated heterocycles. The van der Waals surface area contributed by atoms with E-state index in [-0.39, 0.29) is 13.2 Å². The lowest BCUT2D eigenvalue weighted by atomic mass is 10.1. The van der Waals surface area contributed by atoms with Crippen LogP contribution in [0.15, 0.2) is 89.4 Å². The lowest BCUT2D eigenvalue weighted by Gasteiger charge is -2.07. The largest absolute Gasteiger partial charge is 0.490 e. The minimum atomic E-state index is -0.460. The van der Waals surface area contributed by atoms with Gasteiger partial charge in [-0.25, -0.2) is 9.59 Å². The van der Waals surface area contributed by atoms with Crippen molar-refractivity contribution in [1.82, 2.24) is 0 Å². The van der Waals surface area contributed by atoms with Gasteiger partial charge in [0.05, 0.1) is 0 Å². The summed E-state index contributed by atoms with van der Waals surface area (Å²) >= 11 is 0. The van der Waals surface area contributed by atoms with Crippen LogP contribution in [0.5, 0.6) is 11.5 Å². The molecule has 0 amide bonds. The van der Waals surface area contributed by atoms with Crippen molar-refractivity contribution in [1.29, 1.82) is 0 Å². The molecule has 0 aliphatic carbocycles. The summed E-state index contributed by atoms with van der Waals surface area (Å²) in [4.78, 5) is 22.9. The molecule has 0 fully saturated rings. The number of furan rings is 1. The highest BCUT2D eigenvalue weighted by Crippen LogP contribution is 2.30. The molecule has 3 aromatic rings. The summed E-state index contributed by atoms with van der Waals surface area (Å²) in [6.45, 7) is 10.7. The number of carbonyl (C=O) groups is 2. The molecule has 0 radical (unpaired) electrons. The second-order valence-corrected chi connectivity index (χ2v) is 7.15. The fourth-order valence-electron chi connectivity index (χ4n) is 2.66. The summed E-state index contributed by atoms with van der Waals surface area (Å²) in [6.07, 6.45) is 0. The molecule has 0 N–H and O–H groups in total. The Morgan fingerprint density at radius 1 is 0.719 bits per heavy atom. The summed E-state index contributed by atoms with van der Waals surface area (Å²) in [5, 5.41) is 0. The molecule has 6 heteroatoms. The van der Waals surface area contributed by atoms with E-state index in [2.05, 4.69) is 13.2 Å². The van der Waals surface area contributed by atoms with Crippen molar-refractivity contribution < 1.29 is 28.2 Å². The van der Waals surface area contributed by atoms with Gasteiger partial charge in [-0.3, -0.25) is 0 Å². The summed E-state index contributed by atoms with van der Waals surface area (Å²) in [6, 6.07) is 18.2. The topological polar surface area (TPSA) is 75.0 Å². The first-order valence-electron chi connectivity index (χ1n) is 9.97. The van der Waals surface area contributed by atoms with Gasteiger partial charge in [0, 0.05) is 22.3 Å². The Balaban J connectivity index is 1.58. The number of rotatable bonds is 9. The van der Waals surface area contributed by atoms with E-state index >= 15 is 0 Å². The van der Waals surface area contributed by atoms with Crippen LogP contribution in [0.1, 0.15) is 13.8 Å². The van der Waals surface area contributed by atoms with Gasteiger partial charge in [0.1, 0.15) is 36.2 Å². The Kier molecular flexibility index (Phi) is 7.29. The second-order valence-electron chi connectivity index (χ2n) is 7.15. The SMILES string of the molecule is C=C(C)C(=O)OCCOc1ccc(-c2ccc(-c3ccc(OC(=O)C(=C)C)cc3)o2)cc1. The number of hydrogen-bond donors (Lipinski definition) is 0. The molecule has 32 heavy (non-hydrogen) atoms. The van der Waals surface area contributed by atoms with Crippen LogP contribution in [0.4, 0.5) is 0 Å². The van der Waals surface area contributed by atoms with Gasteiger partial charge < -0.3 is 18.6 Å². The third kappa shape index (κ3) is 5.98. The molecule has 1 heterocycles. The number of hydrogen-bond acceptors (Lipinski definition) is 6. The van der Waals surface area contributed by atoms with E-state index in [1.165, 1.54) is 0 Å². The first-order chi connectivity index (χ1) is 15.3. The number of ether oxygens (including phenoxy) is 3. The van der Waals surface area contributed by atoms with Crippen LogP contribution >= 0.6 is 0 Å². The predicted octanol–water partition coefficient (Wildman–Crippen LogP) is 5.59. The molecular weight excluding hydrogens is 408 g/mol. The van der Waals surface area contributed by atoms with Gasteiger partial charge in [-0.2, -0.15) is 0 Å². The van der Waals surface area contributed by atoms with Crippen LogP contribution in [0.25, 0.3) is 22.6 Å². The first-order valence-corrected chi connectivity index (χ1v) is 9.97. The Bertz CT molecular complexity index is 1120. The quantitative estimate of drug-likeness (QED) is 0.190. The standard InChI is InChI=1S/C26H24O6/c1-17(2)25(27)30-16-15-29-21-9-5-19(6-10-21)23-13-14-24(32-23)20-7-11-22(12-8-20)31-26(28)18(3)4/h5-14H,1,3,15-16H2,2,4H3. The number of benzene rings is 2. The van der Waals surface area contributed by atoms with Crippen LogP contribution in [-0.2, 0) is 14.3 Å². The zero-order chi connectivity index (χ0) is 23.1. The Labute approximate surface area is 186 Å². The molecule has 2 aromatic carbocycles. The monoisotopic (exact) mass is 432 g/mol. The maximum Gasteiger partial charge on any atom is 0.338 e. The molecule has 0 unspecified atom stereocenters. The fraction of sp³-hybridized carbons (Fsp3) is 0.154. The molecule has 0 spiro atoms. The summed E-state index contributed by atoms with van der Waals surface area (Å²) in [5.41, 5.74) is 2.45. The lowest BCUT2D eigenvalue weighted by Crippen LogP contribution is -2.12. The number of esters is 2. The second kappa shape index (κ2) is 10.3. The zero-order valence-electron chi connectivity index (χ0n) is 18.1. The molecule has 0 bridgehead atoms. The summed E-state index contributed by atoms with van der Waals surface area (Å²) in [7, 11) is 0. The van der Waals surface area contributed by atoms with E-state index in [0.29, 0.717) is 34.2 Å². The van der Waals surface area contributed by atoms with Crippen molar-refractivity contribution in [2.75, 3.05) is 13.2 Å². The van der Waals surface area contributed by atoms with E-state index in [4.69, 9.17) is 18.6 Å². The van der Waals surface area contributed by atoms with Crippen LogP contribution in [0.2, 0.25) is 0 Å². The molecule has 0 atom stereocenters. The van der Waals surface area contributed by atoms with Crippen LogP contribution in [0, 0.1) is 0 Å². The molecule has 164 valence electrons. The molecular formula is C26H24O6. The maximum absolute atomic E-state index is 11.6. The highest BCUT2D eigenvalue weighted by molar-refractivity contribution is 5.88. The average molecular weight is 432 g/mol. The van der Waals surface area contributed by atoms with Crippen molar-refractivity contribution >= 4 is 11.9 Å². The smallest absolute Gasteiger partial charge is 0.338 e. The highest BCUT2D eigenvalue weighted by atomic mass is 16.6. The van der Waals surface area contributed by atoms with Gasteiger partial charge in [0.25, 0.3) is 0 Å². The molecule has 0 aliphatic heterocycles. The minimum Gasteiger partial charge on any atom is -0.490 e. The van der Waals surface area contributed by atoms with E-state index < -0.39 is 11.9 Å². The Morgan fingerprint density at radius 2 is 1.22 bits per heavy atom. The average Bonchev–Trinajstić information content (AvgIpc) is 3.27. The van der Waals surface area contributed by atoms with Crippen molar-refractivity contribution in [2.24, 2.45) is 0 Å². The van der Waals surface area contributed by atoms with E-state index in [1.54, 1.807) is 26.0 Å². The third-order valence-corrected chi connectivity index (χ3v) is 4.38. The van der Waals surface area contributed by atoms with Gasteiger partial charge in [0.2, 0.25) is 0 Å². The molecule has 1 aromatic heterocycles. The maximum atomic E-state index is 11.6. The summed E-state index contributed by atoms with van der Waals surface area (Å²) in [5.74, 6) is 1.61. The van der Waals surface area contributed by atoms with Gasteiger partial charge in [-0.15, -0.1) is 0 Å². The molecule has 0 saturated carbocycles. The third-order valence-electron chi connectivity index (χ3n) is 4.38. The van der Waals surface area contributed by atoms with E-state index in [1.807, 2.05) is 48.5 Å². The Morgan fingerprint density at radius 3 is 1.72 bits per heavy atom. The molecule has 0 aliphatic rings. The zero-order valence-corrected chi connectivity index (χ0v) is 18.1. The molecule has 6 nitrogen and oxygen atoms in total. The lowest BCUT2D eigenvalue weighted by molar-refractivity contribution is -0.139. The van der Waals surface area contributed by atoms with Gasteiger partial charge in [-0.1, -0.05) is 13.2 Å². The van der Waals surface area contributed by atoms with Crippen molar-refractivity contribution in [2.45, 2.75) is 13.8 Å². The van der Waals surface area contributed by atoms with Crippen LogP contribution < -0.4 is 9.47 Å². The van der Waals surface area contributed by atoms with Crippen molar-refractivity contribution in [3.63, 3.8) is 0 Å². The van der Waals surface area contributed by atoms with Crippen LogP contribution in [-0.4, -0.2) is 25.2 Å².